The first kappa shape index (κ1) is 17.2. The molecule has 25 heavy (non-hydrogen) atoms. The van der Waals surface area contributed by atoms with Crippen molar-refractivity contribution in [3.8, 4) is 0 Å². The van der Waals surface area contributed by atoms with Crippen LogP contribution in [0.3, 0.4) is 0 Å². The maximum Gasteiger partial charge on any atom is 0.416 e. The second kappa shape index (κ2) is 6.67. The zero-order chi connectivity index (χ0) is 18.0. The number of rotatable bonds is 5. The molecule has 132 valence electrons. The molecule has 0 saturated heterocycles. The van der Waals surface area contributed by atoms with Crippen LogP contribution in [0.5, 0.6) is 0 Å². The number of aliphatic hydroxyl groups excluding tert-OH is 1. The van der Waals surface area contributed by atoms with Crippen LogP contribution in [0.15, 0.2) is 36.8 Å². The summed E-state index contributed by atoms with van der Waals surface area (Å²) in [6.07, 6.45) is -1.53. The Morgan fingerprint density at radius 1 is 1.24 bits per heavy atom. The van der Waals surface area contributed by atoms with Gasteiger partial charge in [-0.2, -0.15) is 18.3 Å². The van der Waals surface area contributed by atoms with E-state index in [9.17, 15) is 18.3 Å². The van der Waals surface area contributed by atoms with E-state index >= 15 is 0 Å². The molecular formula is C16H16F3N5O. The molecule has 1 atom stereocenters. The van der Waals surface area contributed by atoms with Crippen LogP contribution in [0, 0.1) is 0 Å². The summed E-state index contributed by atoms with van der Waals surface area (Å²) in [6, 6.07) is 4.54. The molecule has 0 aliphatic heterocycles. The highest BCUT2D eigenvalue weighted by atomic mass is 19.4. The molecule has 0 bridgehead atoms. The largest absolute Gasteiger partial charge is 0.416 e. The average Bonchev–Trinajstić information content (AvgIpc) is 2.96. The Hall–Kier alpha value is -2.68. The van der Waals surface area contributed by atoms with Crippen LogP contribution in [0.2, 0.25) is 0 Å². The number of aromatic nitrogens is 4. The molecule has 0 aliphatic rings. The molecule has 0 aliphatic carbocycles. The summed E-state index contributed by atoms with van der Waals surface area (Å²) in [5, 5.41) is 17.0. The van der Waals surface area contributed by atoms with E-state index in [4.69, 9.17) is 0 Å². The fraction of sp³-hybridized carbons (Fsp3) is 0.312. The number of halogens is 3. The van der Waals surface area contributed by atoms with Crippen molar-refractivity contribution >= 4 is 16.9 Å². The molecular weight excluding hydrogens is 335 g/mol. The van der Waals surface area contributed by atoms with Crippen molar-refractivity contribution in [1.29, 1.82) is 0 Å². The van der Waals surface area contributed by atoms with Gasteiger partial charge in [0.05, 0.1) is 23.2 Å². The third kappa shape index (κ3) is 3.41. The minimum atomic E-state index is -4.48. The van der Waals surface area contributed by atoms with E-state index in [0.29, 0.717) is 16.9 Å². The van der Waals surface area contributed by atoms with Crippen molar-refractivity contribution in [3.63, 3.8) is 0 Å². The summed E-state index contributed by atoms with van der Waals surface area (Å²) in [7, 11) is 1.71. The van der Waals surface area contributed by atoms with Gasteiger partial charge in [-0.15, -0.1) is 0 Å². The van der Waals surface area contributed by atoms with Crippen LogP contribution in [0.25, 0.3) is 11.0 Å². The Bertz CT molecular complexity index is 878. The smallest absolute Gasteiger partial charge is 0.396 e. The third-order valence-electron chi connectivity index (χ3n) is 3.90. The summed E-state index contributed by atoms with van der Waals surface area (Å²) in [5.74, 6) is 0.369. The zero-order valence-electron chi connectivity index (χ0n) is 13.3. The van der Waals surface area contributed by atoms with Gasteiger partial charge < -0.3 is 10.4 Å². The lowest BCUT2D eigenvalue weighted by molar-refractivity contribution is -0.138. The number of anilines is 1. The van der Waals surface area contributed by atoms with Crippen LogP contribution >= 0.6 is 0 Å². The van der Waals surface area contributed by atoms with Crippen molar-refractivity contribution in [3.05, 3.63) is 47.9 Å². The van der Waals surface area contributed by atoms with Gasteiger partial charge in [0.2, 0.25) is 0 Å². The van der Waals surface area contributed by atoms with Gasteiger partial charge in [0, 0.05) is 13.7 Å². The van der Waals surface area contributed by atoms with Crippen molar-refractivity contribution < 1.29 is 18.3 Å². The Balaban J connectivity index is 2.03. The van der Waals surface area contributed by atoms with E-state index in [0.717, 1.165) is 6.07 Å². The van der Waals surface area contributed by atoms with Gasteiger partial charge in [-0.25, -0.2) is 9.97 Å². The zero-order valence-corrected chi connectivity index (χ0v) is 13.3. The molecule has 1 aromatic carbocycles. The molecule has 0 amide bonds. The molecule has 6 nitrogen and oxygen atoms in total. The fourth-order valence-corrected chi connectivity index (χ4v) is 2.74. The number of aliphatic hydroxyl groups is 1. The highest BCUT2D eigenvalue weighted by molar-refractivity contribution is 5.86. The summed E-state index contributed by atoms with van der Waals surface area (Å²) < 4.78 is 41.5. The number of fused-ring (bicyclic) bond motifs is 1. The van der Waals surface area contributed by atoms with Crippen LogP contribution in [0.4, 0.5) is 19.0 Å². The van der Waals surface area contributed by atoms with Crippen LogP contribution < -0.4 is 5.32 Å². The highest BCUT2D eigenvalue weighted by Gasteiger charge is 2.35. The van der Waals surface area contributed by atoms with Gasteiger partial charge in [-0.05, 0) is 18.1 Å². The minimum Gasteiger partial charge on any atom is -0.396 e. The predicted octanol–water partition coefficient (Wildman–Crippen LogP) is 2.92. The van der Waals surface area contributed by atoms with E-state index in [1.807, 2.05) is 0 Å². The quantitative estimate of drug-likeness (QED) is 0.739. The lowest BCUT2D eigenvalue weighted by Gasteiger charge is -2.23. The maximum absolute atomic E-state index is 13.3. The molecule has 3 rings (SSSR count). The molecule has 0 spiro atoms. The van der Waals surface area contributed by atoms with Crippen LogP contribution in [0.1, 0.15) is 23.6 Å². The van der Waals surface area contributed by atoms with Gasteiger partial charge >= 0.3 is 6.18 Å². The molecule has 2 heterocycles. The SMILES string of the molecule is Cn1ncc2c(NC(CCO)c3ccccc3C(F)(F)F)ncnc21. The van der Waals surface area contributed by atoms with E-state index in [1.54, 1.807) is 17.9 Å². The van der Waals surface area contributed by atoms with Crippen molar-refractivity contribution in [2.24, 2.45) is 7.05 Å². The summed E-state index contributed by atoms with van der Waals surface area (Å²) in [6.45, 7) is -0.273. The van der Waals surface area contributed by atoms with Gasteiger partial charge in [0.1, 0.15) is 12.1 Å². The monoisotopic (exact) mass is 351 g/mol. The lowest BCUT2D eigenvalue weighted by atomic mass is 9.97. The number of hydrogen-bond acceptors (Lipinski definition) is 5. The van der Waals surface area contributed by atoms with Crippen LogP contribution in [-0.4, -0.2) is 31.5 Å². The van der Waals surface area contributed by atoms with Gasteiger partial charge in [-0.3, -0.25) is 4.68 Å². The minimum absolute atomic E-state index is 0.0553. The second-order valence-electron chi connectivity index (χ2n) is 5.52. The van der Waals surface area contributed by atoms with Crippen molar-refractivity contribution in [2.45, 2.75) is 18.6 Å². The molecule has 2 aromatic heterocycles. The summed E-state index contributed by atoms with van der Waals surface area (Å²) >= 11 is 0. The number of alkyl halides is 3. The lowest BCUT2D eigenvalue weighted by Crippen LogP contribution is -2.19. The van der Waals surface area contributed by atoms with Gasteiger partial charge in [0.25, 0.3) is 0 Å². The number of nitrogens with one attached hydrogen (secondary N) is 1. The maximum atomic E-state index is 13.3. The van der Waals surface area contributed by atoms with E-state index in [1.165, 1.54) is 24.5 Å². The summed E-state index contributed by atoms with van der Waals surface area (Å²) in [4.78, 5) is 8.23. The Kier molecular flexibility index (Phi) is 4.58. The molecule has 0 saturated carbocycles. The third-order valence-corrected chi connectivity index (χ3v) is 3.90. The number of hydrogen-bond donors (Lipinski definition) is 2. The average molecular weight is 351 g/mol. The first-order valence-electron chi connectivity index (χ1n) is 7.58. The van der Waals surface area contributed by atoms with E-state index < -0.39 is 17.8 Å². The standard InChI is InChI=1S/C16H16F3N5O/c1-24-15-11(8-22-24)14(20-9-21-15)23-13(6-7-25)10-4-2-3-5-12(10)16(17,18)19/h2-5,8-9,13,25H,6-7H2,1H3,(H,20,21,23). The Labute approximate surface area is 141 Å². The number of aryl methyl sites for hydroxylation is 1. The Morgan fingerprint density at radius 3 is 2.72 bits per heavy atom. The molecule has 1 unspecified atom stereocenters. The van der Waals surface area contributed by atoms with E-state index in [-0.39, 0.29) is 18.6 Å². The van der Waals surface area contributed by atoms with Gasteiger partial charge in [0.15, 0.2) is 5.65 Å². The fourth-order valence-electron chi connectivity index (χ4n) is 2.74. The predicted molar refractivity (Wildman–Crippen MR) is 85.8 cm³/mol. The molecule has 3 aromatic rings. The topological polar surface area (TPSA) is 75.9 Å². The first-order valence-corrected chi connectivity index (χ1v) is 7.58. The second-order valence-corrected chi connectivity index (χ2v) is 5.52. The highest BCUT2D eigenvalue weighted by Crippen LogP contribution is 2.36. The summed E-state index contributed by atoms with van der Waals surface area (Å²) in [5.41, 5.74) is -0.124. The molecule has 9 heteroatoms. The number of benzene rings is 1. The first-order chi connectivity index (χ1) is 11.9. The van der Waals surface area contributed by atoms with E-state index in [2.05, 4.69) is 20.4 Å². The van der Waals surface area contributed by atoms with Crippen molar-refractivity contribution in [1.82, 2.24) is 19.7 Å². The normalized spacial score (nSPS) is 13.2. The molecule has 2 N–H and O–H groups in total. The Morgan fingerprint density at radius 2 is 2.00 bits per heavy atom. The van der Waals surface area contributed by atoms with Gasteiger partial charge in [-0.1, -0.05) is 18.2 Å². The molecule has 0 fully saturated rings. The number of nitrogens with zero attached hydrogens (tertiary/aromatic N) is 4. The van der Waals surface area contributed by atoms with Crippen molar-refractivity contribution in [2.75, 3.05) is 11.9 Å². The van der Waals surface area contributed by atoms with Crippen LogP contribution in [-0.2, 0) is 13.2 Å². The molecule has 0 radical (unpaired) electrons.